The topological polar surface area (TPSA) is 108 Å². The number of benzene rings is 3. The molecule has 0 bridgehead atoms. The molecule has 3 aromatic rings. The molecule has 1 amide bonds. The Morgan fingerprint density at radius 3 is 2.25 bits per heavy atom. The second-order valence-corrected chi connectivity index (χ2v) is 9.45. The summed E-state index contributed by atoms with van der Waals surface area (Å²) in [5.41, 5.74) is 9.39. The van der Waals surface area contributed by atoms with Crippen LogP contribution in [0.5, 0.6) is 0 Å². The molecule has 8 nitrogen and oxygen atoms in total. The van der Waals surface area contributed by atoms with Crippen molar-refractivity contribution in [2.45, 2.75) is 31.8 Å². The summed E-state index contributed by atoms with van der Waals surface area (Å²) in [4.78, 5) is 42.3. The molecule has 0 atom stereocenters. The standard InChI is InChI=1S/C14H19N3O2.C14H15N.C4H4O2/c1-17(2)14(19)8-5-9-15-16-10-12-6-3-4-7-13(12)11-18;1-15-14(9-10-14)13-8-4-6-11-5-2-3-7-12(11)13;1-4(2-5)3-6/h3-8,11,15-16H,9-10H2,1-2H3;2-8,15H,9-10H2,1H3;2H,1H3/b8-5+;;. The van der Waals surface area contributed by atoms with Gasteiger partial charge in [-0.1, -0.05) is 72.8 Å². The predicted molar refractivity (Wildman–Crippen MR) is 159 cm³/mol. The molecule has 0 radical (unpaired) electrons. The van der Waals surface area contributed by atoms with Crippen molar-refractivity contribution in [2.75, 3.05) is 27.7 Å². The van der Waals surface area contributed by atoms with Crippen LogP contribution in [0.3, 0.4) is 0 Å². The van der Waals surface area contributed by atoms with Crippen LogP contribution in [0.1, 0.15) is 41.3 Å². The minimum atomic E-state index is -0.0481. The first kappa shape index (κ1) is 32.0. The fourth-order valence-electron chi connectivity index (χ4n) is 3.85. The molecule has 0 heterocycles. The Kier molecular flexibility index (Phi) is 13.4. The lowest BCUT2D eigenvalue weighted by atomic mass is 9.97. The summed E-state index contributed by atoms with van der Waals surface area (Å²) in [6.45, 7) is 2.48. The maximum absolute atomic E-state index is 11.2. The molecule has 4 rings (SSSR count). The average Bonchev–Trinajstić information content (AvgIpc) is 3.80. The third-order valence-corrected chi connectivity index (χ3v) is 6.38. The normalized spacial score (nSPS) is 12.7. The number of allylic oxidation sites excluding steroid dienone is 1. The predicted octanol–water partition coefficient (Wildman–Crippen LogP) is 3.75. The zero-order chi connectivity index (χ0) is 29.4. The Labute approximate surface area is 236 Å². The van der Waals surface area contributed by atoms with Crippen LogP contribution < -0.4 is 16.2 Å². The molecule has 1 aliphatic rings. The molecule has 1 fully saturated rings. The van der Waals surface area contributed by atoms with Crippen molar-refractivity contribution in [3.8, 4) is 0 Å². The van der Waals surface area contributed by atoms with Crippen molar-refractivity contribution < 1.29 is 19.2 Å². The van der Waals surface area contributed by atoms with Gasteiger partial charge in [-0.2, -0.15) is 0 Å². The lowest BCUT2D eigenvalue weighted by Gasteiger charge is -2.17. The van der Waals surface area contributed by atoms with Crippen molar-refractivity contribution in [2.24, 2.45) is 0 Å². The third kappa shape index (κ3) is 9.84. The molecule has 1 saturated carbocycles. The van der Waals surface area contributed by atoms with Crippen LogP contribution in [0.4, 0.5) is 0 Å². The highest BCUT2D eigenvalue weighted by atomic mass is 16.2. The molecular weight excluding hydrogens is 504 g/mol. The zero-order valence-corrected chi connectivity index (χ0v) is 23.6. The summed E-state index contributed by atoms with van der Waals surface area (Å²) in [6.07, 6.45) is 7.07. The molecule has 3 aromatic carbocycles. The lowest BCUT2D eigenvalue weighted by Crippen LogP contribution is -2.31. The van der Waals surface area contributed by atoms with Crippen molar-refractivity contribution in [1.29, 1.82) is 0 Å². The van der Waals surface area contributed by atoms with E-state index in [0.29, 0.717) is 24.9 Å². The van der Waals surface area contributed by atoms with Gasteiger partial charge < -0.3 is 10.2 Å². The second-order valence-electron chi connectivity index (χ2n) is 9.45. The van der Waals surface area contributed by atoms with Crippen LogP contribution in [-0.2, 0) is 26.5 Å². The van der Waals surface area contributed by atoms with Crippen molar-refractivity contribution in [1.82, 2.24) is 21.1 Å². The van der Waals surface area contributed by atoms with Gasteiger partial charge in [0.2, 0.25) is 5.91 Å². The number of carbonyl (C=O) groups is 3. The molecule has 0 aliphatic heterocycles. The molecule has 0 spiro atoms. The molecule has 210 valence electrons. The van der Waals surface area contributed by atoms with Gasteiger partial charge >= 0.3 is 0 Å². The monoisotopic (exact) mass is 542 g/mol. The van der Waals surface area contributed by atoms with Gasteiger partial charge in [0.05, 0.1) is 5.57 Å². The summed E-state index contributed by atoms with van der Waals surface area (Å²) in [5.74, 6) is 1.37. The molecule has 0 saturated heterocycles. The van der Waals surface area contributed by atoms with Crippen molar-refractivity contribution in [3.63, 3.8) is 0 Å². The number of likely N-dealkylation sites (N-methyl/N-ethyl adjacent to an activating group) is 1. The van der Waals surface area contributed by atoms with Gasteiger partial charge in [-0.3, -0.25) is 25.2 Å². The average molecular weight is 543 g/mol. The summed E-state index contributed by atoms with van der Waals surface area (Å²) in [6, 6.07) is 22.6. The number of nitrogens with one attached hydrogen (secondary N) is 3. The molecule has 1 aliphatic carbocycles. The van der Waals surface area contributed by atoms with Crippen LogP contribution >= 0.6 is 0 Å². The maximum Gasteiger partial charge on any atom is 0.245 e. The fourth-order valence-corrected chi connectivity index (χ4v) is 3.85. The van der Waals surface area contributed by atoms with Gasteiger partial charge in [0, 0.05) is 44.4 Å². The smallest absolute Gasteiger partial charge is 0.245 e. The minimum Gasteiger partial charge on any atom is -0.345 e. The van der Waals surface area contributed by atoms with Crippen LogP contribution in [0.2, 0.25) is 0 Å². The number of nitrogens with zero attached hydrogens (tertiary/aromatic N) is 1. The Morgan fingerprint density at radius 1 is 0.975 bits per heavy atom. The third-order valence-electron chi connectivity index (χ3n) is 6.38. The largest absolute Gasteiger partial charge is 0.345 e. The van der Waals surface area contributed by atoms with E-state index in [0.717, 1.165) is 11.8 Å². The second kappa shape index (κ2) is 16.7. The highest BCUT2D eigenvalue weighted by Gasteiger charge is 2.43. The first-order valence-corrected chi connectivity index (χ1v) is 13.0. The van der Waals surface area contributed by atoms with E-state index < -0.39 is 0 Å². The molecule has 3 N–H and O–H groups in total. The van der Waals surface area contributed by atoms with Crippen LogP contribution in [-0.4, -0.2) is 57.0 Å². The van der Waals surface area contributed by atoms with E-state index in [2.05, 4.69) is 65.7 Å². The number of aldehydes is 2. The van der Waals surface area contributed by atoms with Crippen molar-refractivity contribution >= 4 is 35.2 Å². The van der Waals surface area contributed by atoms with Gasteiger partial charge in [-0.05, 0) is 48.7 Å². The summed E-state index contributed by atoms with van der Waals surface area (Å²) in [7, 11) is 5.47. The van der Waals surface area contributed by atoms with E-state index >= 15 is 0 Å². The Balaban J connectivity index is 0.000000237. The maximum atomic E-state index is 11.2. The van der Waals surface area contributed by atoms with Gasteiger partial charge in [0.25, 0.3) is 0 Å². The summed E-state index contributed by atoms with van der Waals surface area (Å²) >= 11 is 0. The zero-order valence-electron chi connectivity index (χ0n) is 23.6. The van der Waals surface area contributed by atoms with Gasteiger partial charge in [0.1, 0.15) is 12.2 Å². The molecule has 0 unspecified atom stereocenters. The number of amides is 1. The number of hydrazine groups is 1. The Bertz CT molecular complexity index is 1350. The molecular formula is C32H38N4O4. The van der Waals surface area contributed by atoms with Crippen molar-refractivity contribution in [3.05, 3.63) is 101 Å². The Morgan fingerprint density at radius 2 is 1.65 bits per heavy atom. The summed E-state index contributed by atoms with van der Waals surface area (Å²) < 4.78 is 0. The van der Waals surface area contributed by atoms with E-state index in [9.17, 15) is 19.2 Å². The van der Waals surface area contributed by atoms with E-state index in [-0.39, 0.29) is 17.0 Å². The van der Waals surface area contributed by atoms with Crippen LogP contribution in [0, 0.1) is 0 Å². The number of fused-ring (bicyclic) bond motifs is 1. The lowest BCUT2D eigenvalue weighted by molar-refractivity contribution is -0.123. The minimum absolute atomic E-state index is 0.0481. The first-order valence-electron chi connectivity index (χ1n) is 13.0. The summed E-state index contributed by atoms with van der Waals surface area (Å²) in [5, 5.41) is 6.20. The first-order chi connectivity index (χ1) is 19.3. The Hall–Kier alpha value is -4.20. The SMILES string of the molecule is CC(=C=O)C=O.CN(C)C(=O)/C=C/CNNCc1ccccc1C=O.CNC1(c2cccc3ccccc23)CC1. The van der Waals surface area contributed by atoms with E-state index in [1.807, 2.05) is 18.2 Å². The van der Waals surface area contributed by atoms with Gasteiger partial charge in [-0.15, -0.1) is 0 Å². The number of rotatable bonds is 10. The van der Waals surface area contributed by atoms with E-state index in [1.54, 1.807) is 26.2 Å². The van der Waals surface area contributed by atoms with E-state index in [4.69, 9.17) is 0 Å². The number of hydrogen-bond donors (Lipinski definition) is 3. The van der Waals surface area contributed by atoms with Crippen LogP contribution in [0.25, 0.3) is 10.8 Å². The molecule has 40 heavy (non-hydrogen) atoms. The van der Waals surface area contributed by atoms with Gasteiger partial charge in [-0.25, -0.2) is 4.79 Å². The van der Waals surface area contributed by atoms with Crippen LogP contribution in [0.15, 0.2) is 84.5 Å². The fraction of sp³-hybridized carbons (Fsp3) is 0.281. The molecule has 0 aromatic heterocycles. The highest BCUT2D eigenvalue weighted by molar-refractivity contribution is 5.87. The number of hydrogen-bond acceptors (Lipinski definition) is 7. The number of carbonyl (C=O) groups excluding carboxylic acids is 4. The highest BCUT2D eigenvalue weighted by Crippen LogP contribution is 2.47. The quantitative estimate of drug-likeness (QED) is 0.118. The molecule has 8 heteroatoms. The van der Waals surface area contributed by atoms with E-state index in [1.165, 1.54) is 53.0 Å². The van der Waals surface area contributed by atoms with Gasteiger partial charge in [0.15, 0.2) is 6.29 Å².